The highest BCUT2D eigenvalue weighted by Gasteiger charge is 2.18. The normalized spacial score (nSPS) is 14.9. The molecule has 2 aromatic rings. The summed E-state index contributed by atoms with van der Waals surface area (Å²) in [6, 6.07) is 3.77. The molecule has 0 bridgehead atoms. The van der Waals surface area contributed by atoms with Gasteiger partial charge in [0.25, 0.3) is 5.91 Å². The van der Waals surface area contributed by atoms with E-state index in [-0.39, 0.29) is 5.91 Å². The summed E-state index contributed by atoms with van der Waals surface area (Å²) in [6.07, 6.45) is 6.30. The summed E-state index contributed by atoms with van der Waals surface area (Å²) in [4.78, 5) is 23.7. The lowest BCUT2D eigenvalue weighted by atomic mass is 10.1. The van der Waals surface area contributed by atoms with E-state index in [4.69, 9.17) is 0 Å². The van der Waals surface area contributed by atoms with Crippen LogP contribution in [0.5, 0.6) is 0 Å². The smallest absolute Gasteiger partial charge is 0.275 e. The number of anilines is 2. The Labute approximate surface area is 147 Å². The molecular formula is C18H24N4OS. The van der Waals surface area contributed by atoms with Gasteiger partial charge in [0.05, 0.1) is 10.7 Å². The van der Waals surface area contributed by atoms with Crippen molar-refractivity contribution in [3.63, 3.8) is 0 Å². The van der Waals surface area contributed by atoms with Crippen LogP contribution in [0.1, 0.15) is 48.6 Å². The number of pyridine rings is 1. The molecule has 128 valence electrons. The second-order valence-electron chi connectivity index (χ2n) is 6.60. The number of thiazole rings is 1. The van der Waals surface area contributed by atoms with Crippen molar-refractivity contribution in [2.24, 2.45) is 5.92 Å². The molecule has 0 unspecified atom stereocenters. The maximum Gasteiger partial charge on any atom is 0.275 e. The van der Waals surface area contributed by atoms with Crippen molar-refractivity contribution >= 4 is 28.7 Å². The number of piperidine rings is 1. The molecule has 1 saturated heterocycles. The minimum Gasteiger partial charge on any atom is -0.355 e. The van der Waals surface area contributed by atoms with E-state index in [0.29, 0.717) is 11.6 Å². The molecule has 24 heavy (non-hydrogen) atoms. The van der Waals surface area contributed by atoms with Gasteiger partial charge in [-0.1, -0.05) is 13.8 Å². The molecule has 1 amide bonds. The number of hydrogen-bond donors (Lipinski definition) is 1. The number of nitrogens with one attached hydrogen (secondary N) is 1. The van der Waals surface area contributed by atoms with E-state index >= 15 is 0 Å². The fourth-order valence-corrected chi connectivity index (χ4v) is 3.88. The third kappa shape index (κ3) is 4.12. The molecule has 3 heterocycles. The van der Waals surface area contributed by atoms with Crippen molar-refractivity contribution in [1.82, 2.24) is 9.97 Å². The van der Waals surface area contributed by atoms with Gasteiger partial charge in [0.2, 0.25) is 0 Å². The van der Waals surface area contributed by atoms with Crippen molar-refractivity contribution in [3.8, 4) is 0 Å². The molecule has 2 aromatic heterocycles. The minimum absolute atomic E-state index is 0.160. The van der Waals surface area contributed by atoms with Gasteiger partial charge in [0, 0.05) is 31.1 Å². The van der Waals surface area contributed by atoms with Crippen molar-refractivity contribution in [2.75, 3.05) is 23.3 Å². The lowest BCUT2D eigenvalue weighted by molar-refractivity contribution is 0.102. The van der Waals surface area contributed by atoms with Gasteiger partial charge in [-0.15, -0.1) is 11.3 Å². The van der Waals surface area contributed by atoms with Crippen LogP contribution in [0.15, 0.2) is 23.7 Å². The largest absolute Gasteiger partial charge is 0.355 e. The van der Waals surface area contributed by atoms with Crippen LogP contribution in [-0.4, -0.2) is 29.0 Å². The summed E-state index contributed by atoms with van der Waals surface area (Å²) >= 11 is 1.55. The predicted octanol–water partition coefficient (Wildman–Crippen LogP) is 3.98. The quantitative estimate of drug-likeness (QED) is 0.891. The van der Waals surface area contributed by atoms with E-state index in [9.17, 15) is 4.79 Å². The van der Waals surface area contributed by atoms with Crippen molar-refractivity contribution in [2.45, 2.75) is 39.5 Å². The molecule has 5 nitrogen and oxygen atoms in total. The molecule has 0 saturated carbocycles. The average Bonchev–Trinajstić information content (AvgIpc) is 3.04. The number of carbonyl (C=O) groups excluding carboxylic acids is 1. The second-order valence-corrected chi connectivity index (χ2v) is 7.54. The molecular weight excluding hydrogens is 320 g/mol. The van der Waals surface area contributed by atoms with E-state index in [1.807, 2.05) is 17.5 Å². The van der Waals surface area contributed by atoms with Crippen LogP contribution >= 0.6 is 11.3 Å². The summed E-state index contributed by atoms with van der Waals surface area (Å²) < 4.78 is 0. The molecule has 1 fully saturated rings. The maximum atomic E-state index is 12.5. The monoisotopic (exact) mass is 344 g/mol. The minimum atomic E-state index is -0.160. The molecule has 6 heteroatoms. The van der Waals surface area contributed by atoms with E-state index in [2.05, 4.69) is 34.0 Å². The maximum absolute atomic E-state index is 12.5. The first-order chi connectivity index (χ1) is 11.6. The molecule has 1 aliphatic rings. The van der Waals surface area contributed by atoms with E-state index in [1.54, 1.807) is 17.5 Å². The van der Waals surface area contributed by atoms with E-state index in [0.717, 1.165) is 36.0 Å². The summed E-state index contributed by atoms with van der Waals surface area (Å²) in [5, 5.41) is 5.84. The molecule has 0 radical (unpaired) electrons. The number of amides is 1. The van der Waals surface area contributed by atoms with E-state index < -0.39 is 0 Å². The number of rotatable bonds is 5. The zero-order valence-corrected chi connectivity index (χ0v) is 15.1. The molecule has 0 aliphatic carbocycles. The molecule has 0 spiro atoms. The Morgan fingerprint density at radius 3 is 2.88 bits per heavy atom. The van der Waals surface area contributed by atoms with Crippen LogP contribution in [0.4, 0.5) is 11.5 Å². The fraction of sp³-hybridized carbons (Fsp3) is 0.500. The van der Waals surface area contributed by atoms with Gasteiger partial charge in [-0.25, -0.2) is 9.97 Å². The van der Waals surface area contributed by atoms with Gasteiger partial charge in [-0.3, -0.25) is 4.79 Å². The number of carbonyl (C=O) groups is 1. The van der Waals surface area contributed by atoms with Gasteiger partial charge in [-0.2, -0.15) is 0 Å². The second kappa shape index (κ2) is 7.75. The summed E-state index contributed by atoms with van der Waals surface area (Å²) in [5.74, 6) is 1.24. The van der Waals surface area contributed by atoms with Gasteiger partial charge in [0.1, 0.15) is 5.69 Å². The molecule has 1 N–H and O–H groups in total. The van der Waals surface area contributed by atoms with Crippen LogP contribution in [0.25, 0.3) is 0 Å². The zero-order chi connectivity index (χ0) is 16.9. The van der Waals surface area contributed by atoms with E-state index in [1.165, 1.54) is 19.3 Å². The average molecular weight is 344 g/mol. The first-order valence-corrected chi connectivity index (χ1v) is 9.47. The highest BCUT2D eigenvalue weighted by Crippen LogP contribution is 2.26. The molecule has 0 atom stereocenters. The Morgan fingerprint density at radius 2 is 2.12 bits per heavy atom. The van der Waals surface area contributed by atoms with Crippen LogP contribution in [0.2, 0.25) is 0 Å². The number of nitrogens with zero attached hydrogens (tertiary/aromatic N) is 3. The van der Waals surface area contributed by atoms with Gasteiger partial charge < -0.3 is 10.2 Å². The third-order valence-corrected chi connectivity index (χ3v) is 4.93. The van der Waals surface area contributed by atoms with Gasteiger partial charge in [0.15, 0.2) is 5.82 Å². The van der Waals surface area contributed by atoms with Crippen LogP contribution in [-0.2, 0) is 6.42 Å². The van der Waals surface area contributed by atoms with Crippen molar-refractivity contribution in [1.29, 1.82) is 0 Å². The van der Waals surface area contributed by atoms with Crippen LogP contribution < -0.4 is 10.2 Å². The predicted molar refractivity (Wildman–Crippen MR) is 98.9 cm³/mol. The molecule has 3 rings (SSSR count). The third-order valence-electron chi connectivity index (χ3n) is 4.06. The lowest BCUT2D eigenvalue weighted by Crippen LogP contribution is -2.31. The Bertz CT molecular complexity index is 692. The fourth-order valence-electron chi connectivity index (χ4n) is 2.90. The number of hydrogen-bond acceptors (Lipinski definition) is 5. The summed E-state index contributed by atoms with van der Waals surface area (Å²) in [5.41, 5.74) is 1.26. The Balaban J connectivity index is 1.73. The standard InChI is InChI=1S/C18H24N4OS/c1-13(2)11-16-20-15(12-24-16)18(23)21-14-7-6-8-19-17(14)22-9-4-3-5-10-22/h6-8,12-13H,3-5,9-11H2,1-2H3,(H,21,23). The van der Waals surface area contributed by atoms with Crippen molar-refractivity contribution < 1.29 is 4.79 Å². The summed E-state index contributed by atoms with van der Waals surface area (Å²) in [7, 11) is 0. The topological polar surface area (TPSA) is 58.1 Å². The van der Waals surface area contributed by atoms with Gasteiger partial charge >= 0.3 is 0 Å². The highest BCUT2D eigenvalue weighted by molar-refractivity contribution is 7.09. The Morgan fingerprint density at radius 1 is 1.33 bits per heavy atom. The first kappa shape index (κ1) is 16.9. The van der Waals surface area contributed by atoms with Crippen LogP contribution in [0.3, 0.4) is 0 Å². The highest BCUT2D eigenvalue weighted by atomic mass is 32.1. The van der Waals surface area contributed by atoms with Gasteiger partial charge in [-0.05, 0) is 37.3 Å². The van der Waals surface area contributed by atoms with Crippen LogP contribution in [0, 0.1) is 5.92 Å². The number of aromatic nitrogens is 2. The Kier molecular flexibility index (Phi) is 5.45. The lowest BCUT2D eigenvalue weighted by Gasteiger charge is -2.29. The van der Waals surface area contributed by atoms with Crippen molar-refractivity contribution in [3.05, 3.63) is 34.4 Å². The zero-order valence-electron chi connectivity index (χ0n) is 14.3. The molecule has 0 aromatic carbocycles. The first-order valence-electron chi connectivity index (χ1n) is 8.59. The summed E-state index contributed by atoms with van der Waals surface area (Å²) in [6.45, 7) is 6.30. The molecule has 1 aliphatic heterocycles. The Hall–Kier alpha value is -1.95. The SMILES string of the molecule is CC(C)Cc1nc(C(=O)Nc2cccnc2N2CCCCC2)cs1.